The Bertz CT molecular complexity index is 704. The fourth-order valence-corrected chi connectivity index (χ4v) is 4.42. The van der Waals surface area contributed by atoms with Crippen molar-refractivity contribution in [1.82, 2.24) is 20.4 Å². The summed E-state index contributed by atoms with van der Waals surface area (Å²) in [5.74, 6) is 1.08. The Labute approximate surface area is 193 Å². The van der Waals surface area contributed by atoms with Crippen molar-refractivity contribution >= 4 is 11.9 Å². The molecule has 0 saturated carbocycles. The number of benzene rings is 1. The molecular formula is C25H41N5O2. The maximum absolute atomic E-state index is 11.9. The molecule has 2 aliphatic heterocycles. The van der Waals surface area contributed by atoms with Crippen molar-refractivity contribution in [3.8, 4) is 0 Å². The van der Waals surface area contributed by atoms with Crippen LogP contribution in [0.25, 0.3) is 0 Å². The number of nitrogens with zero attached hydrogens (tertiary/aromatic N) is 3. The lowest BCUT2D eigenvalue weighted by Crippen LogP contribution is -2.45. The number of nitrogens with one attached hydrogen (secondary N) is 2. The van der Waals surface area contributed by atoms with Gasteiger partial charge in [0.1, 0.15) is 0 Å². The van der Waals surface area contributed by atoms with Crippen LogP contribution in [0.1, 0.15) is 51.5 Å². The normalized spacial score (nSPS) is 20.5. The molecule has 7 heteroatoms. The number of hydrogen-bond donors (Lipinski definition) is 2. The fraction of sp³-hybridized carbons (Fsp3) is 0.680. The third-order valence-electron chi connectivity index (χ3n) is 6.24. The molecule has 1 unspecified atom stereocenters. The van der Waals surface area contributed by atoms with E-state index in [9.17, 15) is 4.79 Å². The highest BCUT2D eigenvalue weighted by atomic mass is 16.5. The van der Waals surface area contributed by atoms with Crippen molar-refractivity contribution in [1.29, 1.82) is 0 Å². The Balaban J connectivity index is 1.30. The Kier molecular flexibility index (Phi) is 10.3. The average molecular weight is 444 g/mol. The summed E-state index contributed by atoms with van der Waals surface area (Å²) in [5, 5.41) is 6.81. The number of carbonyl (C=O) groups is 1. The predicted octanol–water partition coefficient (Wildman–Crippen LogP) is 2.62. The van der Waals surface area contributed by atoms with Gasteiger partial charge in [-0.05, 0) is 38.2 Å². The molecule has 2 fully saturated rings. The van der Waals surface area contributed by atoms with E-state index < -0.39 is 0 Å². The summed E-state index contributed by atoms with van der Waals surface area (Å²) in [7, 11) is 0. The van der Waals surface area contributed by atoms with E-state index >= 15 is 0 Å². The Morgan fingerprint density at radius 1 is 1.12 bits per heavy atom. The summed E-state index contributed by atoms with van der Waals surface area (Å²) in [4.78, 5) is 21.1. The molecule has 0 bridgehead atoms. The Morgan fingerprint density at radius 2 is 1.91 bits per heavy atom. The topological polar surface area (TPSA) is 69.2 Å². The zero-order valence-electron chi connectivity index (χ0n) is 19.9. The summed E-state index contributed by atoms with van der Waals surface area (Å²) in [6.07, 6.45) is 5.06. The van der Waals surface area contributed by atoms with E-state index in [0.29, 0.717) is 12.5 Å². The van der Waals surface area contributed by atoms with Gasteiger partial charge in [-0.2, -0.15) is 0 Å². The number of aliphatic imine (C=N–C) groups is 1. The van der Waals surface area contributed by atoms with E-state index in [0.717, 1.165) is 84.1 Å². The van der Waals surface area contributed by atoms with Crippen molar-refractivity contribution < 1.29 is 9.53 Å². The van der Waals surface area contributed by atoms with Crippen molar-refractivity contribution in [2.24, 2.45) is 4.99 Å². The molecule has 1 aromatic carbocycles. The number of ether oxygens (including phenoxy) is 1. The molecule has 0 aromatic heterocycles. The van der Waals surface area contributed by atoms with Crippen molar-refractivity contribution in [2.45, 2.75) is 64.6 Å². The van der Waals surface area contributed by atoms with Crippen molar-refractivity contribution in [3.63, 3.8) is 0 Å². The SMILES string of the molecule is CCNC(=NCCCOC1CCN(Cc2ccccc2)CC1)NC1CCN(C(=O)CC)C1. The van der Waals surface area contributed by atoms with Crippen LogP contribution in [0.3, 0.4) is 0 Å². The van der Waals surface area contributed by atoms with Gasteiger partial charge < -0.3 is 20.3 Å². The first-order valence-electron chi connectivity index (χ1n) is 12.4. The molecule has 0 radical (unpaired) electrons. The maximum atomic E-state index is 11.9. The van der Waals surface area contributed by atoms with E-state index in [4.69, 9.17) is 9.73 Å². The van der Waals surface area contributed by atoms with Gasteiger partial charge in [0.05, 0.1) is 6.10 Å². The van der Waals surface area contributed by atoms with Gasteiger partial charge in [0.2, 0.25) is 5.91 Å². The van der Waals surface area contributed by atoms with Gasteiger partial charge in [0.25, 0.3) is 0 Å². The molecule has 2 heterocycles. The smallest absolute Gasteiger partial charge is 0.222 e. The van der Waals surface area contributed by atoms with Gasteiger partial charge in [-0.15, -0.1) is 0 Å². The Morgan fingerprint density at radius 3 is 2.62 bits per heavy atom. The van der Waals surface area contributed by atoms with E-state index in [1.54, 1.807) is 0 Å². The zero-order chi connectivity index (χ0) is 22.6. The minimum Gasteiger partial charge on any atom is -0.378 e. The van der Waals surface area contributed by atoms with Gasteiger partial charge in [-0.25, -0.2) is 0 Å². The summed E-state index contributed by atoms with van der Waals surface area (Å²) in [6.45, 7) is 11.2. The van der Waals surface area contributed by atoms with Crippen LogP contribution in [-0.2, 0) is 16.1 Å². The van der Waals surface area contributed by atoms with Gasteiger partial charge in [0, 0.05) is 64.9 Å². The number of guanidine groups is 1. The standard InChI is InChI=1S/C25H41N5O2/c1-3-24(31)30-17-11-22(20-30)28-25(26-4-2)27-14-8-18-32-23-12-15-29(16-13-23)19-21-9-6-5-7-10-21/h5-7,9-10,22-23H,3-4,8,11-20H2,1-2H3,(H2,26,27,28). The highest BCUT2D eigenvalue weighted by Crippen LogP contribution is 2.16. The van der Waals surface area contributed by atoms with Crippen LogP contribution in [0.2, 0.25) is 0 Å². The zero-order valence-corrected chi connectivity index (χ0v) is 19.9. The first-order valence-corrected chi connectivity index (χ1v) is 12.4. The molecular weight excluding hydrogens is 402 g/mol. The van der Waals surface area contributed by atoms with Crippen LogP contribution in [-0.4, -0.2) is 79.7 Å². The van der Waals surface area contributed by atoms with Crippen LogP contribution in [0.4, 0.5) is 0 Å². The molecule has 2 saturated heterocycles. The molecule has 178 valence electrons. The lowest BCUT2D eigenvalue weighted by Gasteiger charge is -2.31. The lowest BCUT2D eigenvalue weighted by atomic mass is 10.1. The predicted molar refractivity (Wildman–Crippen MR) is 130 cm³/mol. The maximum Gasteiger partial charge on any atom is 0.222 e. The van der Waals surface area contributed by atoms with Crippen LogP contribution in [0, 0.1) is 0 Å². The average Bonchev–Trinajstić information content (AvgIpc) is 3.29. The molecule has 2 aliphatic rings. The summed E-state index contributed by atoms with van der Waals surface area (Å²) < 4.78 is 6.13. The first kappa shape index (κ1) is 24.5. The number of likely N-dealkylation sites (tertiary alicyclic amines) is 2. The van der Waals surface area contributed by atoms with Gasteiger partial charge in [-0.1, -0.05) is 37.3 Å². The fourth-order valence-electron chi connectivity index (χ4n) is 4.42. The second kappa shape index (κ2) is 13.4. The minimum atomic E-state index is 0.235. The molecule has 32 heavy (non-hydrogen) atoms. The van der Waals surface area contributed by atoms with Gasteiger partial charge in [0.15, 0.2) is 5.96 Å². The highest BCUT2D eigenvalue weighted by Gasteiger charge is 2.25. The largest absolute Gasteiger partial charge is 0.378 e. The third kappa shape index (κ3) is 8.10. The monoisotopic (exact) mass is 443 g/mol. The highest BCUT2D eigenvalue weighted by molar-refractivity contribution is 5.80. The van der Waals surface area contributed by atoms with Crippen LogP contribution in [0.5, 0.6) is 0 Å². The number of hydrogen-bond acceptors (Lipinski definition) is 4. The van der Waals surface area contributed by atoms with Crippen LogP contribution < -0.4 is 10.6 Å². The summed E-state index contributed by atoms with van der Waals surface area (Å²) in [6, 6.07) is 11.0. The lowest BCUT2D eigenvalue weighted by molar-refractivity contribution is -0.129. The molecule has 0 aliphatic carbocycles. The molecule has 1 atom stereocenters. The number of amides is 1. The second-order valence-electron chi connectivity index (χ2n) is 8.77. The van der Waals surface area contributed by atoms with E-state index in [1.165, 1.54) is 5.56 Å². The summed E-state index contributed by atoms with van der Waals surface area (Å²) >= 11 is 0. The Hall–Kier alpha value is -2.12. The molecule has 7 nitrogen and oxygen atoms in total. The summed E-state index contributed by atoms with van der Waals surface area (Å²) in [5.41, 5.74) is 1.39. The van der Waals surface area contributed by atoms with Crippen LogP contribution >= 0.6 is 0 Å². The van der Waals surface area contributed by atoms with E-state index in [-0.39, 0.29) is 11.9 Å². The molecule has 3 rings (SSSR count). The quantitative estimate of drug-likeness (QED) is 0.331. The first-order chi connectivity index (χ1) is 15.7. The van der Waals surface area contributed by atoms with Crippen LogP contribution in [0.15, 0.2) is 35.3 Å². The van der Waals surface area contributed by atoms with E-state index in [2.05, 4.69) is 52.8 Å². The van der Waals surface area contributed by atoms with Crippen molar-refractivity contribution in [3.05, 3.63) is 35.9 Å². The molecule has 1 amide bonds. The third-order valence-corrected chi connectivity index (χ3v) is 6.24. The number of rotatable bonds is 10. The van der Waals surface area contributed by atoms with Gasteiger partial charge in [-0.3, -0.25) is 14.7 Å². The molecule has 0 spiro atoms. The molecule has 1 aromatic rings. The van der Waals surface area contributed by atoms with E-state index in [1.807, 2.05) is 11.8 Å². The second-order valence-corrected chi connectivity index (χ2v) is 8.77. The van der Waals surface area contributed by atoms with Crippen molar-refractivity contribution in [2.75, 3.05) is 45.9 Å². The minimum absolute atomic E-state index is 0.235. The molecule has 2 N–H and O–H groups in total. The van der Waals surface area contributed by atoms with Gasteiger partial charge >= 0.3 is 0 Å². The number of carbonyl (C=O) groups excluding carboxylic acids is 1. The number of piperidine rings is 1.